The molecule has 1 aromatic rings. The van der Waals surface area contributed by atoms with Crippen LogP contribution in [0.4, 0.5) is 0 Å². The Morgan fingerprint density at radius 2 is 1.83 bits per heavy atom. The van der Waals surface area contributed by atoms with Crippen LogP contribution >= 0.6 is 0 Å². The first-order valence-corrected chi connectivity index (χ1v) is 7.77. The molecule has 5 heteroatoms. The van der Waals surface area contributed by atoms with Crippen LogP contribution < -0.4 is 4.72 Å². The van der Waals surface area contributed by atoms with Gasteiger partial charge >= 0.3 is 0 Å². The molecule has 2 aliphatic rings. The van der Waals surface area contributed by atoms with Crippen molar-refractivity contribution in [1.29, 1.82) is 0 Å². The van der Waals surface area contributed by atoms with Crippen LogP contribution in [-0.4, -0.2) is 14.3 Å². The molecule has 4 nitrogen and oxygen atoms in total. The molecule has 0 atom stereocenters. The molecule has 0 radical (unpaired) electrons. The smallest absolute Gasteiger partial charge is 0.266 e. The summed E-state index contributed by atoms with van der Waals surface area (Å²) in [5, 5.41) is 0. The Morgan fingerprint density at radius 1 is 1.11 bits per heavy atom. The Morgan fingerprint density at radius 3 is 2.56 bits per heavy atom. The van der Waals surface area contributed by atoms with Crippen molar-refractivity contribution in [2.45, 2.75) is 42.9 Å². The van der Waals surface area contributed by atoms with Crippen molar-refractivity contribution in [2.24, 2.45) is 0 Å². The lowest BCUT2D eigenvalue weighted by molar-refractivity contribution is 0.0985. The van der Waals surface area contributed by atoms with Crippen molar-refractivity contribution in [3.05, 3.63) is 29.3 Å². The summed E-state index contributed by atoms with van der Waals surface area (Å²) in [5.74, 6) is -0.0252. The van der Waals surface area contributed by atoms with Crippen LogP contribution in [0.2, 0.25) is 0 Å². The van der Waals surface area contributed by atoms with E-state index in [9.17, 15) is 13.2 Å². The summed E-state index contributed by atoms with van der Waals surface area (Å²) >= 11 is 0. The summed E-state index contributed by atoms with van der Waals surface area (Å²) in [7, 11) is -3.60. The minimum Gasteiger partial charge on any atom is -0.268 e. The van der Waals surface area contributed by atoms with E-state index in [0.717, 1.165) is 18.4 Å². The zero-order chi connectivity index (χ0) is 12.8. The summed E-state index contributed by atoms with van der Waals surface area (Å²) in [4.78, 5) is 11.7. The predicted molar refractivity (Wildman–Crippen MR) is 66.9 cm³/mol. The third-order valence-corrected chi connectivity index (χ3v) is 5.23. The standard InChI is InChI=1S/C13H15NO3S/c15-13-11-8-10(9-4-2-1-3-5-9)6-7-12(11)18(16,17)14-13/h6-9H,1-5H2,(H,14,15). The van der Waals surface area contributed by atoms with Gasteiger partial charge in [0.15, 0.2) is 0 Å². The maximum absolute atomic E-state index is 11.6. The maximum Gasteiger partial charge on any atom is 0.266 e. The van der Waals surface area contributed by atoms with Gasteiger partial charge in [0, 0.05) is 0 Å². The third-order valence-electron chi connectivity index (χ3n) is 3.84. The van der Waals surface area contributed by atoms with Gasteiger partial charge in [-0.25, -0.2) is 13.1 Å². The van der Waals surface area contributed by atoms with Gasteiger partial charge in [0.1, 0.15) is 4.90 Å². The number of amides is 1. The quantitative estimate of drug-likeness (QED) is 0.846. The summed E-state index contributed by atoms with van der Waals surface area (Å²) in [5.41, 5.74) is 1.40. The van der Waals surface area contributed by atoms with Crippen molar-refractivity contribution in [2.75, 3.05) is 0 Å². The summed E-state index contributed by atoms with van der Waals surface area (Å²) in [6, 6.07) is 5.17. The van der Waals surface area contributed by atoms with E-state index in [1.807, 2.05) is 10.8 Å². The lowest BCUT2D eigenvalue weighted by atomic mass is 9.83. The van der Waals surface area contributed by atoms with Crippen LogP contribution in [-0.2, 0) is 10.0 Å². The first-order chi connectivity index (χ1) is 8.58. The van der Waals surface area contributed by atoms with Gasteiger partial charge in [0.05, 0.1) is 5.56 Å². The lowest BCUT2D eigenvalue weighted by Crippen LogP contribution is -2.20. The predicted octanol–water partition coefficient (Wildman–Crippen LogP) is 2.17. The summed E-state index contributed by atoms with van der Waals surface area (Å²) < 4.78 is 25.3. The van der Waals surface area contributed by atoms with Crippen molar-refractivity contribution < 1.29 is 13.2 Å². The van der Waals surface area contributed by atoms with E-state index in [4.69, 9.17) is 0 Å². The zero-order valence-electron chi connectivity index (χ0n) is 9.98. The Balaban J connectivity index is 2.01. The Bertz CT molecular complexity index is 601. The normalized spacial score (nSPS) is 22.6. The molecule has 1 aliphatic carbocycles. The van der Waals surface area contributed by atoms with Crippen LogP contribution in [0.25, 0.3) is 0 Å². The summed E-state index contributed by atoms with van der Waals surface area (Å²) in [6.45, 7) is 0. The molecule has 1 heterocycles. The molecule has 3 rings (SSSR count). The van der Waals surface area contributed by atoms with Crippen LogP contribution in [0.15, 0.2) is 23.1 Å². The Kier molecular flexibility index (Phi) is 2.66. The molecule has 1 saturated carbocycles. The number of carbonyl (C=O) groups excluding carboxylic acids is 1. The van der Waals surface area contributed by atoms with Gasteiger partial charge in [-0.3, -0.25) is 4.79 Å². The van der Waals surface area contributed by atoms with Gasteiger partial charge in [0.25, 0.3) is 15.9 Å². The largest absolute Gasteiger partial charge is 0.268 e. The Labute approximate surface area is 106 Å². The molecule has 1 N–H and O–H groups in total. The van der Waals surface area contributed by atoms with Gasteiger partial charge in [-0.15, -0.1) is 0 Å². The molecule has 1 amide bonds. The van der Waals surface area contributed by atoms with Crippen LogP contribution in [0.5, 0.6) is 0 Å². The van der Waals surface area contributed by atoms with E-state index in [1.165, 1.54) is 19.3 Å². The second-order valence-corrected chi connectivity index (χ2v) is 6.68. The van der Waals surface area contributed by atoms with Gasteiger partial charge in [-0.2, -0.15) is 0 Å². The number of hydrogen-bond acceptors (Lipinski definition) is 3. The van der Waals surface area contributed by atoms with Crippen molar-refractivity contribution >= 4 is 15.9 Å². The lowest BCUT2D eigenvalue weighted by Gasteiger charge is -2.22. The first kappa shape index (κ1) is 11.7. The highest BCUT2D eigenvalue weighted by molar-refractivity contribution is 7.90. The number of nitrogens with one attached hydrogen (secondary N) is 1. The molecule has 0 aromatic heterocycles. The van der Waals surface area contributed by atoms with Crippen molar-refractivity contribution in [1.82, 2.24) is 4.72 Å². The number of sulfonamides is 1. The van der Waals surface area contributed by atoms with Crippen LogP contribution in [0.3, 0.4) is 0 Å². The van der Waals surface area contributed by atoms with E-state index in [2.05, 4.69) is 0 Å². The Hall–Kier alpha value is -1.36. The highest BCUT2D eigenvalue weighted by Crippen LogP contribution is 2.34. The molecule has 0 spiro atoms. The fourth-order valence-electron chi connectivity index (χ4n) is 2.88. The molecule has 1 fully saturated rings. The molecule has 0 saturated heterocycles. The highest BCUT2D eigenvalue weighted by atomic mass is 32.2. The second kappa shape index (κ2) is 4.09. The van der Waals surface area contributed by atoms with Crippen LogP contribution in [0.1, 0.15) is 53.9 Å². The zero-order valence-corrected chi connectivity index (χ0v) is 10.8. The van der Waals surface area contributed by atoms with Gasteiger partial charge < -0.3 is 0 Å². The molecular weight excluding hydrogens is 250 g/mol. The monoisotopic (exact) mass is 265 g/mol. The van der Waals surface area contributed by atoms with Crippen molar-refractivity contribution in [3.8, 4) is 0 Å². The van der Waals surface area contributed by atoms with Gasteiger partial charge in [-0.1, -0.05) is 25.3 Å². The summed E-state index contributed by atoms with van der Waals surface area (Å²) in [6.07, 6.45) is 5.97. The highest BCUT2D eigenvalue weighted by Gasteiger charge is 2.33. The maximum atomic E-state index is 11.6. The fraction of sp³-hybridized carbons (Fsp3) is 0.462. The number of rotatable bonds is 1. The molecule has 0 bridgehead atoms. The van der Waals surface area contributed by atoms with E-state index >= 15 is 0 Å². The number of benzene rings is 1. The average Bonchev–Trinajstić information content (AvgIpc) is 2.61. The van der Waals surface area contributed by atoms with Crippen molar-refractivity contribution in [3.63, 3.8) is 0 Å². The molecule has 1 aliphatic heterocycles. The molecular formula is C13H15NO3S. The molecule has 18 heavy (non-hydrogen) atoms. The van der Waals surface area contributed by atoms with Gasteiger partial charge in [-0.05, 0) is 36.5 Å². The molecule has 96 valence electrons. The third kappa shape index (κ3) is 1.82. The molecule has 1 aromatic carbocycles. The molecule has 0 unspecified atom stereocenters. The van der Waals surface area contributed by atoms with Gasteiger partial charge in [0.2, 0.25) is 0 Å². The van der Waals surface area contributed by atoms with E-state index in [1.54, 1.807) is 12.1 Å². The fourth-order valence-corrected chi connectivity index (χ4v) is 4.03. The minimum absolute atomic E-state index is 0.118. The topological polar surface area (TPSA) is 63.2 Å². The van der Waals surface area contributed by atoms with E-state index in [0.29, 0.717) is 11.5 Å². The van der Waals surface area contributed by atoms with Crippen LogP contribution in [0, 0.1) is 0 Å². The number of fused-ring (bicyclic) bond motifs is 1. The SMILES string of the molecule is O=C1NS(=O)(=O)c2ccc(C3CCCCC3)cc21. The minimum atomic E-state index is -3.60. The number of hydrogen-bond donors (Lipinski definition) is 1. The number of carbonyl (C=O) groups is 1. The second-order valence-electron chi connectivity index (χ2n) is 5.03. The van der Waals surface area contributed by atoms with E-state index in [-0.39, 0.29) is 4.90 Å². The first-order valence-electron chi connectivity index (χ1n) is 6.29. The average molecular weight is 265 g/mol. The van der Waals surface area contributed by atoms with E-state index < -0.39 is 15.9 Å².